The van der Waals surface area contributed by atoms with Crippen molar-refractivity contribution in [2.24, 2.45) is 0 Å². The van der Waals surface area contributed by atoms with E-state index in [1.807, 2.05) is 35.0 Å². The van der Waals surface area contributed by atoms with Gasteiger partial charge in [-0.3, -0.25) is 9.48 Å². The molecule has 2 aromatic rings. The topological polar surface area (TPSA) is 34.9 Å². The van der Waals surface area contributed by atoms with Gasteiger partial charge in [-0.2, -0.15) is 5.10 Å². The summed E-state index contributed by atoms with van der Waals surface area (Å²) in [5.41, 5.74) is 2.08. The smallest absolute Gasteiger partial charge is 0.149 e. The Bertz CT molecular complexity index is 624. The first-order chi connectivity index (χ1) is 10.1. The molecule has 0 aliphatic rings. The van der Waals surface area contributed by atoms with Crippen LogP contribution in [0.15, 0.2) is 39.7 Å². The van der Waals surface area contributed by atoms with Gasteiger partial charge in [-0.25, -0.2) is 0 Å². The van der Waals surface area contributed by atoms with Gasteiger partial charge in [-0.1, -0.05) is 28.9 Å². The first kappa shape index (κ1) is 16.3. The summed E-state index contributed by atoms with van der Waals surface area (Å²) in [7, 11) is 0. The molecule has 5 heteroatoms. The van der Waals surface area contributed by atoms with Gasteiger partial charge in [0, 0.05) is 28.0 Å². The van der Waals surface area contributed by atoms with Crippen molar-refractivity contribution in [1.29, 1.82) is 0 Å². The van der Waals surface area contributed by atoms with Crippen LogP contribution >= 0.6 is 27.7 Å². The first-order valence-electron chi connectivity index (χ1n) is 7.08. The molecule has 0 aliphatic carbocycles. The van der Waals surface area contributed by atoms with Gasteiger partial charge in [-0.15, -0.1) is 11.8 Å². The van der Waals surface area contributed by atoms with Crippen LogP contribution in [-0.2, 0) is 24.2 Å². The number of carbonyl (C=O) groups excluding carboxylic acids is 1. The van der Waals surface area contributed by atoms with E-state index in [1.54, 1.807) is 11.8 Å². The number of aromatic nitrogens is 2. The van der Waals surface area contributed by atoms with Gasteiger partial charge in [0.15, 0.2) is 0 Å². The highest BCUT2D eigenvalue weighted by Gasteiger charge is 2.11. The second kappa shape index (κ2) is 7.80. The minimum Gasteiger partial charge on any atom is -0.298 e. The van der Waals surface area contributed by atoms with Crippen molar-refractivity contribution < 1.29 is 4.79 Å². The summed E-state index contributed by atoms with van der Waals surface area (Å²) in [6, 6.07) is 10.1. The quantitative estimate of drug-likeness (QED) is 0.690. The molecule has 112 valence electrons. The second-order valence-corrected chi connectivity index (χ2v) is 6.72. The number of carbonyl (C=O) groups is 1. The fourth-order valence-electron chi connectivity index (χ4n) is 2.08. The third-order valence-electron chi connectivity index (χ3n) is 3.15. The Kier molecular flexibility index (Phi) is 6.06. The number of Topliss-reactive ketones (excluding diaryl/α,β-unsaturated/α-hetero) is 1. The minimum atomic E-state index is 0.234. The van der Waals surface area contributed by atoms with Gasteiger partial charge in [0.25, 0.3) is 0 Å². The molecule has 0 amide bonds. The molecule has 0 N–H and O–H groups in total. The minimum absolute atomic E-state index is 0.234. The van der Waals surface area contributed by atoms with Crippen LogP contribution in [-0.4, -0.2) is 21.3 Å². The number of halogens is 1. The maximum absolute atomic E-state index is 12.2. The summed E-state index contributed by atoms with van der Waals surface area (Å²) in [5.74, 6) is 0.726. The van der Waals surface area contributed by atoms with E-state index < -0.39 is 0 Å². The molecule has 0 bridgehead atoms. The predicted octanol–water partition coefficient (Wildman–Crippen LogP) is 4.13. The van der Waals surface area contributed by atoms with E-state index >= 15 is 0 Å². The fraction of sp³-hybridized carbons (Fsp3) is 0.375. The van der Waals surface area contributed by atoms with E-state index in [0.29, 0.717) is 12.2 Å². The van der Waals surface area contributed by atoms with E-state index in [0.717, 1.165) is 33.7 Å². The van der Waals surface area contributed by atoms with E-state index in [-0.39, 0.29) is 5.78 Å². The first-order valence-corrected chi connectivity index (χ1v) is 8.86. The summed E-state index contributed by atoms with van der Waals surface area (Å²) in [6.45, 7) is 4.94. The van der Waals surface area contributed by atoms with Crippen LogP contribution in [0.4, 0.5) is 0 Å². The van der Waals surface area contributed by atoms with Crippen LogP contribution in [0.25, 0.3) is 0 Å². The summed E-state index contributed by atoms with van der Waals surface area (Å²) in [4.78, 5) is 13.3. The summed E-state index contributed by atoms with van der Waals surface area (Å²) >= 11 is 5.02. The summed E-state index contributed by atoms with van der Waals surface area (Å²) in [6.07, 6.45) is 1.36. The van der Waals surface area contributed by atoms with Gasteiger partial charge in [0.2, 0.25) is 0 Å². The maximum Gasteiger partial charge on any atom is 0.149 e. The lowest BCUT2D eigenvalue weighted by molar-refractivity contribution is -0.116. The van der Waals surface area contributed by atoms with Crippen molar-refractivity contribution in [3.05, 3.63) is 46.2 Å². The largest absolute Gasteiger partial charge is 0.298 e. The van der Waals surface area contributed by atoms with Crippen LogP contribution in [0, 0.1) is 0 Å². The van der Waals surface area contributed by atoms with Crippen molar-refractivity contribution in [1.82, 2.24) is 9.78 Å². The molecular formula is C16H19BrN2OS. The molecule has 1 aromatic carbocycles. The Balaban J connectivity index is 1.94. The molecule has 0 aliphatic heterocycles. The lowest BCUT2D eigenvalue weighted by atomic mass is 10.2. The van der Waals surface area contributed by atoms with Crippen LogP contribution in [0.2, 0.25) is 0 Å². The van der Waals surface area contributed by atoms with E-state index in [4.69, 9.17) is 0 Å². The molecule has 3 nitrogen and oxygen atoms in total. The SMILES string of the molecule is CCc1cc(CC(=O)CSc2cccc(Br)c2)n(CC)n1. The lowest BCUT2D eigenvalue weighted by Gasteiger charge is -2.04. The average Bonchev–Trinajstić information content (AvgIpc) is 2.87. The van der Waals surface area contributed by atoms with Crippen molar-refractivity contribution in [3.63, 3.8) is 0 Å². The molecule has 0 saturated heterocycles. The third-order valence-corrected chi connectivity index (χ3v) is 4.70. The molecule has 1 aromatic heterocycles. The molecule has 0 saturated carbocycles. The summed E-state index contributed by atoms with van der Waals surface area (Å²) < 4.78 is 2.97. The Morgan fingerprint density at radius 2 is 2.14 bits per heavy atom. The molecule has 0 spiro atoms. The van der Waals surface area contributed by atoms with Gasteiger partial charge < -0.3 is 0 Å². The van der Waals surface area contributed by atoms with Gasteiger partial charge in [0.05, 0.1) is 11.4 Å². The molecule has 2 rings (SSSR count). The average molecular weight is 367 g/mol. The van der Waals surface area contributed by atoms with Crippen LogP contribution in [0.5, 0.6) is 0 Å². The highest BCUT2D eigenvalue weighted by Crippen LogP contribution is 2.22. The highest BCUT2D eigenvalue weighted by atomic mass is 79.9. The Hall–Kier alpha value is -1.07. The van der Waals surface area contributed by atoms with Crippen LogP contribution in [0.3, 0.4) is 0 Å². The number of aryl methyl sites for hydroxylation is 2. The number of hydrogen-bond donors (Lipinski definition) is 0. The fourth-order valence-corrected chi connectivity index (χ4v) is 3.44. The van der Waals surface area contributed by atoms with E-state index in [2.05, 4.69) is 34.9 Å². The molecule has 0 radical (unpaired) electrons. The normalized spacial score (nSPS) is 10.8. The van der Waals surface area contributed by atoms with E-state index in [9.17, 15) is 4.79 Å². The van der Waals surface area contributed by atoms with Crippen molar-refractivity contribution in [3.8, 4) is 0 Å². The monoisotopic (exact) mass is 366 g/mol. The third kappa shape index (κ3) is 4.71. The van der Waals surface area contributed by atoms with Crippen LogP contribution < -0.4 is 0 Å². The molecular weight excluding hydrogens is 348 g/mol. The van der Waals surface area contributed by atoms with Crippen LogP contribution in [0.1, 0.15) is 25.2 Å². The number of benzene rings is 1. The number of nitrogens with zero attached hydrogens (tertiary/aromatic N) is 2. The number of ketones is 1. The molecule has 21 heavy (non-hydrogen) atoms. The molecule has 0 atom stereocenters. The van der Waals surface area contributed by atoms with Gasteiger partial charge >= 0.3 is 0 Å². The Morgan fingerprint density at radius 3 is 2.81 bits per heavy atom. The molecule has 0 unspecified atom stereocenters. The van der Waals surface area contributed by atoms with Crippen molar-refractivity contribution in [2.75, 3.05) is 5.75 Å². The van der Waals surface area contributed by atoms with Gasteiger partial charge in [-0.05, 0) is 37.6 Å². The Labute approximate surface area is 138 Å². The molecule has 0 fully saturated rings. The summed E-state index contributed by atoms with van der Waals surface area (Å²) in [5, 5.41) is 4.48. The number of rotatable bonds is 7. The van der Waals surface area contributed by atoms with Crippen molar-refractivity contribution >= 4 is 33.5 Å². The zero-order valence-electron chi connectivity index (χ0n) is 12.3. The lowest BCUT2D eigenvalue weighted by Crippen LogP contribution is -2.11. The number of hydrogen-bond acceptors (Lipinski definition) is 3. The Morgan fingerprint density at radius 1 is 1.33 bits per heavy atom. The maximum atomic E-state index is 12.2. The standard InChI is InChI=1S/C16H19BrN2OS/c1-3-13-9-14(19(4-2)18-13)10-15(20)11-21-16-7-5-6-12(17)8-16/h5-9H,3-4,10-11H2,1-2H3. The van der Waals surface area contributed by atoms with Crippen molar-refractivity contribution in [2.45, 2.75) is 38.1 Å². The molecule has 1 heterocycles. The number of thioether (sulfide) groups is 1. The van der Waals surface area contributed by atoms with Gasteiger partial charge in [0.1, 0.15) is 5.78 Å². The zero-order valence-corrected chi connectivity index (χ0v) is 14.7. The second-order valence-electron chi connectivity index (χ2n) is 4.76. The highest BCUT2D eigenvalue weighted by molar-refractivity contribution is 9.10. The predicted molar refractivity (Wildman–Crippen MR) is 90.9 cm³/mol. The van der Waals surface area contributed by atoms with E-state index in [1.165, 1.54) is 0 Å². The zero-order chi connectivity index (χ0) is 15.2.